The first-order valence-electron chi connectivity index (χ1n) is 6.38. The largest absolute Gasteiger partial charge is 0.379 e. The van der Waals surface area contributed by atoms with Crippen LogP contribution in [0, 0.1) is 0 Å². The molecule has 2 aliphatic rings. The fraction of sp³-hybridized carbons (Fsp3) is 0.846. The van der Waals surface area contributed by atoms with Gasteiger partial charge in [-0.15, -0.1) is 0 Å². The van der Waals surface area contributed by atoms with Crippen molar-refractivity contribution in [1.29, 1.82) is 0 Å². The van der Waals surface area contributed by atoms with E-state index >= 15 is 0 Å². The Hall–Kier alpha value is -0.380. The van der Waals surface area contributed by atoms with Crippen LogP contribution in [0.15, 0.2) is 11.6 Å². The third-order valence-electron chi connectivity index (χ3n) is 3.30. The van der Waals surface area contributed by atoms with Gasteiger partial charge >= 0.3 is 0 Å². The van der Waals surface area contributed by atoms with Gasteiger partial charge in [0, 0.05) is 12.6 Å². The van der Waals surface area contributed by atoms with Crippen LogP contribution in [-0.2, 0) is 9.47 Å². The van der Waals surface area contributed by atoms with Crippen molar-refractivity contribution in [3.63, 3.8) is 0 Å². The van der Waals surface area contributed by atoms with E-state index in [0.29, 0.717) is 18.2 Å². The minimum Gasteiger partial charge on any atom is -0.379 e. The molecule has 2 rings (SSSR count). The van der Waals surface area contributed by atoms with Crippen LogP contribution in [0.3, 0.4) is 0 Å². The molecule has 0 aromatic heterocycles. The van der Waals surface area contributed by atoms with E-state index in [1.54, 1.807) is 0 Å². The van der Waals surface area contributed by atoms with Crippen molar-refractivity contribution in [3.8, 4) is 0 Å². The van der Waals surface area contributed by atoms with E-state index in [0.717, 1.165) is 26.2 Å². The minimum absolute atomic E-state index is 0.347. The van der Waals surface area contributed by atoms with E-state index in [2.05, 4.69) is 25.2 Å². The monoisotopic (exact) mass is 225 g/mol. The van der Waals surface area contributed by atoms with Gasteiger partial charge < -0.3 is 14.8 Å². The lowest BCUT2D eigenvalue weighted by Crippen LogP contribution is -2.41. The van der Waals surface area contributed by atoms with E-state index < -0.39 is 0 Å². The van der Waals surface area contributed by atoms with Crippen LogP contribution >= 0.6 is 0 Å². The maximum Gasteiger partial charge on any atom is 0.0762 e. The second kappa shape index (κ2) is 5.80. The fourth-order valence-electron chi connectivity index (χ4n) is 2.48. The number of ether oxygens (including phenoxy) is 2. The molecule has 0 radical (unpaired) electrons. The van der Waals surface area contributed by atoms with Gasteiger partial charge in [0.2, 0.25) is 0 Å². The molecule has 0 aromatic carbocycles. The van der Waals surface area contributed by atoms with E-state index in [1.165, 1.54) is 18.4 Å². The van der Waals surface area contributed by atoms with Crippen molar-refractivity contribution in [2.45, 2.75) is 51.4 Å². The predicted octanol–water partition coefficient (Wildman–Crippen LogP) is 1.88. The molecule has 3 atom stereocenters. The van der Waals surface area contributed by atoms with E-state index in [9.17, 15) is 0 Å². The van der Waals surface area contributed by atoms with Gasteiger partial charge in [0.25, 0.3) is 0 Å². The summed E-state index contributed by atoms with van der Waals surface area (Å²) in [6, 6.07) is 0.490. The molecule has 0 aliphatic carbocycles. The van der Waals surface area contributed by atoms with Gasteiger partial charge in [-0.1, -0.05) is 11.6 Å². The summed E-state index contributed by atoms with van der Waals surface area (Å²) in [4.78, 5) is 0. The molecule has 0 aromatic rings. The highest BCUT2D eigenvalue weighted by atomic mass is 16.5. The maximum absolute atomic E-state index is 5.79. The molecule has 2 fully saturated rings. The number of hydrogen-bond acceptors (Lipinski definition) is 3. The van der Waals surface area contributed by atoms with Crippen LogP contribution in [-0.4, -0.2) is 38.0 Å². The number of nitrogens with one attached hydrogen (secondary N) is 1. The van der Waals surface area contributed by atoms with Crippen molar-refractivity contribution < 1.29 is 9.47 Å². The Bertz CT molecular complexity index is 246. The van der Waals surface area contributed by atoms with Crippen LogP contribution in [0.1, 0.15) is 33.1 Å². The Balaban J connectivity index is 1.77. The molecule has 92 valence electrons. The van der Waals surface area contributed by atoms with Crippen molar-refractivity contribution >= 4 is 0 Å². The molecular formula is C13H23NO2. The third kappa shape index (κ3) is 3.58. The Morgan fingerprint density at radius 3 is 2.94 bits per heavy atom. The zero-order valence-corrected chi connectivity index (χ0v) is 10.4. The molecule has 0 bridgehead atoms. The highest BCUT2D eigenvalue weighted by Crippen LogP contribution is 2.22. The van der Waals surface area contributed by atoms with Gasteiger partial charge in [-0.3, -0.25) is 0 Å². The smallest absolute Gasteiger partial charge is 0.0762 e. The molecule has 0 amide bonds. The number of hydrogen-bond donors (Lipinski definition) is 1. The lowest BCUT2D eigenvalue weighted by Gasteiger charge is -2.24. The Morgan fingerprint density at radius 1 is 1.44 bits per heavy atom. The normalized spacial score (nSPS) is 36.6. The lowest BCUT2D eigenvalue weighted by molar-refractivity contribution is 0.0751. The molecule has 16 heavy (non-hydrogen) atoms. The molecule has 0 spiro atoms. The highest BCUT2D eigenvalue weighted by Gasteiger charge is 2.20. The van der Waals surface area contributed by atoms with Crippen LogP contribution < -0.4 is 5.32 Å². The van der Waals surface area contributed by atoms with Gasteiger partial charge in [0.1, 0.15) is 0 Å². The van der Waals surface area contributed by atoms with Crippen molar-refractivity contribution in [2.24, 2.45) is 0 Å². The maximum atomic E-state index is 5.79. The second-order valence-electron chi connectivity index (χ2n) is 5.01. The average molecular weight is 225 g/mol. The molecule has 2 heterocycles. The molecule has 0 saturated carbocycles. The molecule has 3 heteroatoms. The average Bonchev–Trinajstić information content (AvgIpc) is 2.65. The highest BCUT2D eigenvalue weighted by molar-refractivity contribution is 5.06. The van der Waals surface area contributed by atoms with Gasteiger partial charge in [-0.2, -0.15) is 0 Å². The second-order valence-corrected chi connectivity index (χ2v) is 5.01. The summed E-state index contributed by atoms with van der Waals surface area (Å²) in [5, 5.41) is 3.48. The quantitative estimate of drug-likeness (QED) is 0.744. The molecule has 2 aliphatic heterocycles. The van der Waals surface area contributed by atoms with Gasteiger partial charge in [0.15, 0.2) is 0 Å². The van der Waals surface area contributed by atoms with E-state index in [1.807, 2.05) is 0 Å². The summed E-state index contributed by atoms with van der Waals surface area (Å²) >= 11 is 0. The molecular weight excluding hydrogens is 202 g/mol. The summed E-state index contributed by atoms with van der Waals surface area (Å²) in [6.07, 6.45) is 6.52. The summed E-state index contributed by atoms with van der Waals surface area (Å²) in [5.74, 6) is 0. The standard InChI is InChI=1S/C13H23NO2/c1-10(7-12-9-15-6-5-14-12)8-13-4-3-11(2)16-13/h8,11-14H,3-7,9H2,1-2H3/b10-8-. The van der Waals surface area contributed by atoms with Gasteiger partial charge in [-0.25, -0.2) is 0 Å². The summed E-state index contributed by atoms with van der Waals surface area (Å²) in [5.41, 5.74) is 1.42. The first-order valence-corrected chi connectivity index (χ1v) is 6.38. The summed E-state index contributed by atoms with van der Waals surface area (Å²) in [6.45, 7) is 7.02. The van der Waals surface area contributed by atoms with Gasteiger partial charge in [-0.05, 0) is 33.1 Å². The van der Waals surface area contributed by atoms with Crippen molar-refractivity contribution in [3.05, 3.63) is 11.6 Å². The lowest BCUT2D eigenvalue weighted by atomic mass is 10.0. The topological polar surface area (TPSA) is 30.5 Å². The molecule has 3 nitrogen and oxygen atoms in total. The molecule has 1 N–H and O–H groups in total. The predicted molar refractivity (Wildman–Crippen MR) is 64.6 cm³/mol. The van der Waals surface area contributed by atoms with Crippen LogP contribution in [0.4, 0.5) is 0 Å². The summed E-state index contributed by atoms with van der Waals surface area (Å²) in [7, 11) is 0. The summed E-state index contributed by atoms with van der Waals surface area (Å²) < 4.78 is 11.2. The van der Waals surface area contributed by atoms with Crippen molar-refractivity contribution in [1.82, 2.24) is 5.32 Å². The zero-order chi connectivity index (χ0) is 11.4. The number of morpholine rings is 1. The third-order valence-corrected chi connectivity index (χ3v) is 3.30. The van der Waals surface area contributed by atoms with Crippen LogP contribution in [0.25, 0.3) is 0 Å². The van der Waals surface area contributed by atoms with Gasteiger partial charge in [0.05, 0.1) is 25.4 Å². The van der Waals surface area contributed by atoms with E-state index in [-0.39, 0.29) is 0 Å². The zero-order valence-electron chi connectivity index (χ0n) is 10.4. The fourth-order valence-corrected chi connectivity index (χ4v) is 2.48. The van der Waals surface area contributed by atoms with Crippen LogP contribution in [0.2, 0.25) is 0 Å². The first-order chi connectivity index (χ1) is 7.74. The van der Waals surface area contributed by atoms with E-state index in [4.69, 9.17) is 9.47 Å². The van der Waals surface area contributed by atoms with Crippen molar-refractivity contribution in [2.75, 3.05) is 19.8 Å². The minimum atomic E-state index is 0.347. The Labute approximate surface area is 98.2 Å². The Kier molecular flexibility index (Phi) is 4.38. The molecule has 3 unspecified atom stereocenters. The Morgan fingerprint density at radius 2 is 2.31 bits per heavy atom. The number of rotatable bonds is 3. The first kappa shape index (κ1) is 12.1. The molecule has 2 saturated heterocycles. The van der Waals surface area contributed by atoms with Crippen LogP contribution in [0.5, 0.6) is 0 Å². The SMILES string of the molecule is C/C(=C/C1CCC(C)O1)CC1COCCN1.